The van der Waals surface area contributed by atoms with Gasteiger partial charge >= 0.3 is 0 Å². The Hall–Kier alpha value is -4.30. The molecule has 3 aromatic carbocycles. The van der Waals surface area contributed by atoms with Crippen molar-refractivity contribution in [3.05, 3.63) is 87.2 Å². The van der Waals surface area contributed by atoms with Crippen LogP contribution >= 0.6 is 11.6 Å². The van der Waals surface area contributed by atoms with Crippen molar-refractivity contribution in [3.8, 4) is 28.4 Å². The van der Waals surface area contributed by atoms with Crippen molar-refractivity contribution < 1.29 is 19.0 Å². The molecule has 39 heavy (non-hydrogen) atoms. The number of hydrazone groups is 1. The molecular weight excluding hydrogens is 518 g/mol. The van der Waals surface area contributed by atoms with Gasteiger partial charge in [-0.05, 0) is 35.9 Å². The van der Waals surface area contributed by atoms with Crippen LogP contribution < -0.4 is 19.8 Å². The summed E-state index contributed by atoms with van der Waals surface area (Å²) >= 11 is 6.39. The van der Waals surface area contributed by atoms with E-state index in [0.717, 1.165) is 10.9 Å². The van der Waals surface area contributed by atoms with Gasteiger partial charge < -0.3 is 19.2 Å². The number of benzene rings is 3. The average Bonchev–Trinajstić information content (AvgIpc) is 3.40. The van der Waals surface area contributed by atoms with Gasteiger partial charge in [-0.15, -0.1) is 0 Å². The van der Waals surface area contributed by atoms with Crippen molar-refractivity contribution in [2.75, 3.05) is 21.3 Å². The lowest BCUT2D eigenvalue weighted by atomic mass is 9.90. The van der Waals surface area contributed by atoms with Gasteiger partial charge in [-0.2, -0.15) is 5.10 Å². The molecule has 0 unspecified atom stereocenters. The van der Waals surface area contributed by atoms with Crippen molar-refractivity contribution in [3.63, 3.8) is 0 Å². The summed E-state index contributed by atoms with van der Waals surface area (Å²) in [7, 11) is 4.61. The first-order valence-corrected chi connectivity index (χ1v) is 12.9. The smallest absolute Gasteiger partial charge is 0.258 e. The predicted molar refractivity (Wildman–Crippen MR) is 152 cm³/mol. The minimum atomic E-state index is -0.528. The number of pyridine rings is 1. The van der Waals surface area contributed by atoms with E-state index in [2.05, 4.69) is 4.98 Å². The molecular formula is C30H28ClN3O5. The maximum atomic E-state index is 13.7. The summed E-state index contributed by atoms with van der Waals surface area (Å²) in [5, 5.41) is 7.52. The number of hydrogen-bond acceptors (Lipinski definition) is 6. The van der Waals surface area contributed by atoms with Gasteiger partial charge in [0.05, 0.1) is 38.6 Å². The Balaban J connectivity index is 1.74. The van der Waals surface area contributed by atoms with Gasteiger partial charge in [-0.1, -0.05) is 48.9 Å². The first-order valence-electron chi connectivity index (χ1n) is 12.5. The average molecular weight is 546 g/mol. The number of methoxy groups -OCH3 is 3. The Kier molecular flexibility index (Phi) is 7.30. The fourth-order valence-corrected chi connectivity index (χ4v) is 5.30. The second kappa shape index (κ2) is 10.8. The zero-order valence-corrected chi connectivity index (χ0v) is 22.8. The van der Waals surface area contributed by atoms with E-state index in [1.165, 1.54) is 19.2 Å². The number of fused-ring (bicyclic) bond motifs is 1. The van der Waals surface area contributed by atoms with Crippen LogP contribution in [-0.2, 0) is 4.79 Å². The van der Waals surface area contributed by atoms with Crippen LogP contribution in [0.3, 0.4) is 0 Å². The van der Waals surface area contributed by atoms with Gasteiger partial charge in [-0.25, -0.2) is 5.01 Å². The van der Waals surface area contributed by atoms with Crippen LogP contribution in [0.2, 0.25) is 5.02 Å². The number of carbonyl (C=O) groups excluding carboxylic acids is 1. The first kappa shape index (κ1) is 26.3. The Morgan fingerprint density at radius 2 is 1.74 bits per heavy atom. The van der Waals surface area contributed by atoms with Crippen molar-refractivity contribution in [1.82, 2.24) is 9.99 Å². The predicted octanol–water partition coefficient (Wildman–Crippen LogP) is 5.96. The first-order chi connectivity index (χ1) is 18.9. The largest absolute Gasteiger partial charge is 0.493 e. The minimum absolute atomic E-state index is 0.187. The number of nitrogens with zero attached hydrogens (tertiary/aromatic N) is 2. The van der Waals surface area contributed by atoms with Crippen LogP contribution in [0.1, 0.15) is 36.9 Å². The fraction of sp³-hybridized carbons (Fsp3) is 0.233. The molecule has 5 rings (SSSR count). The third-order valence-corrected chi connectivity index (χ3v) is 7.12. The number of hydrogen-bond donors (Lipinski definition) is 1. The number of nitrogens with one attached hydrogen (secondary N) is 1. The normalized spacial score (nSPS) is 14.8. The second-order valence-corrected chi connectivity index (χ2v) is 9.48. The Labute approximate surface area is 230 Å². The van der Waals surface area contributed by atoms with Gasteiger partial charge in [0.1, 0.15) is 0 Å². The van der Waals surface area contributed by atoms with Gasteiger partial charge in [0.15, 0.2) is 11.5 Å². The molecule has 0 saturated heterocycles. The highest BCUT2D eigenvalue weighted by atomic mass is 35.5. The zero-order chi connectivity index (χ0) is 27.7. The highest BCUT2D eigenvalue weighted by Crippen LogP contribution is 2.46. The van der Waals surface area contributed by atoms with Crippen molar-refractivity contribution >= 4 is 34.1 Å². The molecule has 0 aliphatic carbocycles. The van der Waals surface area contributed by atoms with E-state index in [1.807, 2.05) is 42.5 Å². The molecule has 0 fully saturated rings. The molecule has 1 aromatic heterocycles. The lowest BCUT2D eigenvalue weighted by Gasteiger charge is -2.24. The van der Waals surface area contributed by atoms with Crippen LogP contribution in [0.25, 0.3) is 22.0 Å². The van der Waals surface area contributed by atoms with Gasteiger partial charge in [0.25, 0.3) is 5.56 Å². The third-order valence-electron chi connectivity index (χ3n) is 6.89. The molecule has 0 radical (unpaired) electrons. The van der Waals surface area contributed by atoms with Crippen LogP contribution in [0.5, 0.6) is 17.2 Å². The fourth-order valence-electron chi connectivity index (χ4n) is 5.13. The molecule has 2 heterocycles. The standard InChI is InChI=1S/C30H28ClN3O5/c1-5-25(35)34-23(19-12-14-24(37-2)29(39-4)28(19)38-3)16-22(33-34)27-26(17-9-7-6-8-10-17)20-15-18(31)11-13-21(20)32-30(27)36/h6-15,23H,5,16H2,1-4H3,(H,32,36)/t23-/m1/s1. The molecule has 4 aromatic rings. The second-order valence-electron chi connectivity index (χ2n) is 9.04. The van der Waals surface area contributed by atoms with Crippen molar-refractivity contribution in [1.29, 1.82) is 0 Å². The van der Waals surface area contributed by atoms with E-state index >= 15 is 0 Å². The number of H-pyrrole nitrogens is 1. The summed E-state index contributed by atoms with van der Waals surface area (Å²) in [6.07, 6.45) is 0.519. The number of rotatable bonds is 7. The number of aromatic amines is 1. The molecule has 0 saturated carbocycles. The summed E-state index contributed by atoms with van der Waals surface area (Å²) in [5.41, 5.74) is 3.48. The quantitative estimate of drug-likeness (QED) is 0.309. The SMILES string of the molecule is CCC(=O)N1N=C(c2c(-c3ccccc3)c3cc(Cl)ccc3[nH]c2=O)C[C@@H]1c1ccc(OC)c(OC)c1OC. The van der Waals surface area contributed by atoms with Crippen molar-refractivity contribution in [2.45, 2.75) is 25.8 Å². The van der Waals surface area contributed by atoms with Crippen LogP contribution in [0.4, 0.5) is 0 Å². The maximum Gasteiger partial charge on any atom is 0.258 e. The number of aromatic nitrogens is 1. The lowest BCUT2D eigenvalue weighted by Crippen LogP contribution is -2.26. The highest BCUT2D eigenvalue weighted by molar-refractivity contribution is 6.31. The summed E-state index contributed by atoms with van der Waals surface area (Å²) in [6, 6.07) is 18.1. The molecule has 1 amide bonds. The Morgan fingerprint density at radius 3 is 2.41 bits per heavy atom. The van der Waals surface area contributed by atoms with Crippen LogP contribution in [0.15, 0.2) is 70.6 Å². The molecule has 9 heteroatoms. The van der Waals surface area contributed by atoms with E-state index in [-0.39, 0.29) is 24.3 Å². The Morgan fingerprint density at radius 1 is 1.00 bits per heavy atom. The number of ether oxygens (including phenoxy) is 3. The van der Waals surface area contributed by atoms with Crippen LogP contribution in [0, 0.1) is 0 Å². The molecule has 1 aliphatic heterocycles. The molecule has 0 spiro atoms. The summed E-state index contributed by atoms with van der Waals surface area (Å²) < 4.78 is 16.8. The maximum absolute atomic E-state index is 13.7. The number of carbonyl (C=O) groups is 1. The van der Waals surface area contributed by atoms with Gasteiger partial charge in [-0.3, -0.25) is 9.59 Å². The number of amides is 1. The van der Waals surface area contributed by atoms with Crippen molar-refractivity contribution in [2.24, 2.45) is 5.10 Å². The van der Waals surface area contributed by atoms with Crippen LogP contribution in [-0.4, -0.2) is 42.9 Å². The van der Waals surface area contributed by atoms with Gasteiger partial charge in [0.2, 0.25) is 11.7 Å². The highest BCUT2D eigenvalue weighted by Gasteiger charge is 2.37. The summed E-state index contributed by atoms with van der Waals surface area (Å²) in [4.78, 5) is 29.8. The molecule has 0 bridgehead atoms. The monoisotopic (exact) mass is 545 g/mol. The molecule has 1 aliphatic rings. The summed E-state index contributed by atoms with van der Waals surface area (Å²) in [6.45, 7) is 1.78. The van der Waals surface area contributed by atoms with E-state index in [4.69, 9.17) is 30.9 Å². The van der Waals surface area contributed by atoms with Gasteiger partial charge in [0, 0.05) is 39.9 Å². The van der Waals surface area contributed by atoms with E-state index in [0.29, 0.717) is 50.2 Å². The Bertz CT molecular complexity index is 1650. The molecule has 1 atom stereocenters. The van der Waals surface area contributed by atoms with E-state index in [1.54, 1.807) is 32.2 Å². The molecule has 200 valence electrons. The third kappa shape index (κ3) is 4.61. The zero-order valence-electron chi connectivity index (χ0n) is 22.1. The molecule has 1 N–H and O–H groups in total. The number of halogens is 1. The van der Waals surface area contributed by atoms with E-state index < -0.39 is 6.04 Å². The summed E-state index contributed by atoms with van der Waals surface area (Å²) in [5.74, 6) is 1.17. The molecule has 8 nitrogen and oxygen atoms in total. The minimum Gasteiger partial charge on any atom is -0.493 e. The lowest BCUT2D eigenvalue weighted by molar-refractivity contribution is -0.132. The topological polar surface area (TPSA) is 93.2 Å². The van der Waals surface area contributed by atoms with E-state index in [9.17, 15) is 9.59 Å².